The standard InChI is InChI=1S/C20H19N3O5/c24-18(21-14-6-7-16-17(11-14)28-9-8-27-16)12-23-19(25)15(22-20(23)26)10-13-4-2-1-3-5-13/h1-7,11,15H,8-10,12H2,(H,21,24)(H,22,26)/t15-/m1/s1. The second-order valence-corrected chi connectivity index (χ2v) is 6.52. The lowest BCUT2D eigenvalue weighted by molar-refractivity contribution is -0.130. The van der Waals surface area contributed by atoms with Crippen molar-refractivity contribution in [2.45, 2.75) is 12.5 Å². The van der Waals surface area contributed by atoms with Gasteiger partial charge in [-0.3, -0.25) is 14.5 Å². The van der Waals surface area contributed by atoms with Crippen LogP contribution in [0.2, 0.25) is 0 Å². The molecule has 0 unspecified atom stereocenters. The number of amides is 4. The minimum Gasteiger partial charge on any atom is -0.486 e. The second kappa shape index (κ2) is 7.59. The van der Waals surface area contributed by atoms with Crippen LogP contribution in [0.4, 0.5) is 10.5 Å². The number of fused-ring (bicyclic) bond motifs is 1. The Balaban J connectivity index is 1.37. The molecule has 2 aromatic rings. The third-order valence-electron chi connectivity index (χ3n) is 4.52. The smallest absolute Gasteiger partial charge is 0.325 e. The topological polar surface area (TPSA) is 97.0 Å². The van der Waals surface area contributed by atoms with Crippen LogP contribution < -0.4 is 20.1 Å². The molecular formula is C20H19N3O5. The summed E-state index contributed by atoms with van der Waals surface area (Å²) in [6, 6.07) is 13.2. The van der Waals surface area contributed by atoms with Gasteiger partial charge in [-0.1, -0.05) is 30.3 Å². The van der Waals surface area contributed by atoms with Gasteiger partial charge in [-0.2, -0.15) is 0 Å². The Kier molecular flexibility index (Phi) is 4.84. The molecule has 4 rings (SSSR count). The van der Waals surface area contributed by atoms with Crippen LogP contribution in [0.15, 0.2) is 48.5 Å². The third-order valence-corrected chi connectivity index (χ3v) is 4.52. The normalized spacial score (nSPS) is 18.0. The lowest BCUT2D eigenvalue weighted by Crippen LogP contribution is -2.38. The fourth-order valence-electron chi connectivity index (χ4n) is 3.18. The number of ether oxygens (including phenoxy) is 2. The Labute approximate surface area is 161 Å². The van der Waals surface area contributed by atoms with Crippen molar-refractivity contribution in [3.8, 4) is 11.5 Å². The zero-order chi connectivity index (χ0) is 19.5. The Hall–Kier alpha value is -3.55. The molecule has 0 bridgehead atoms. The van der Waals surface area contributed by atoms with Gasteiger partial charge in [-0.25, -0.2) is 4.79 Å². The summed E-state index contributed by atoms with van der Waals surface area (Å²) in [5.74, 6) is 0.274. The van der Waals surface area contributed by atoms with E-state index in [1.807, 2.05) is 30.3 Å². The molecule has 2 aliphatic rings. The van der Waals surface area contributed by atoms with E-state index in [9.17, 15) is 14.4 Å². The number of hydrogen-bond acceptors (Lipinski definition) is 5. The highest BCUT2D eigenvalue weighted by molar-refractivity contribution is 6.08. The minimum atomic E-state index is -0.669. The van der Waals surface area contributed by atoms with Gasteiger partial charge < -0.3 is 20.1 Å². The Morgan fingerprint density at radius 2 is 1.82 bits per heavy atom. The van der Waals surface area contributed by atoms with Crippen LogP contribution in [-0.2, 0) is 16.0 Å². The number of hydrogen-bond donors (Lipinski definition) is 2. The van der Waals surface area contributed by atoms with Crippen LogP contribution in [0.1, 0.15) is 5.56 Å². The van der Waals surface area contributed by atoms with E-state index in [2.05, 4.69) is 10.6 Å². The lowest BCUT2D eigenvalue weighted by Gasteiger charge is -2.19. The Morgan fingerprint density at radius 3 is 2.61 bits per heavy atom. The predicted octanol–water partition coefficient (Wildman–Crippen LogP) is 1.56. The molecule has 2 aliphatic heterocycles. The summed E-state index contributed by atoms with van der Waals surface area (Å²) >= 11 is 0. The van der Waals surface area contributed by atoms with Gasteiger partial charge in [0.15, 0.2) is 11.5 Å². The average Bonchev–Trinajstić information content (AvgIpc) is 2.96. The highest BCUT2D eigenvalue weighted by atomic mass is 16.6. The number of carbonyl (C=O) groups excluding carboxylic acids is 3. The summed E-state index contributed by atoms with van der Waals surface area (Å²) < 4.78 is 10.9. The first kappa shape index (κ1) is 17.8. The first-order chi connectivity index (χ1) is 13.6. The summed E-state index contributed by atoms with van der Waals surface area (Å²) in [5.41, 5.74) is 1.44. The highest BCUT2D eigenvalue weighted by Crippen LogP contribution is 2.32. The summed E-state index contributed by atoms with van der Waals surface area (Å²) in [6.45, 7) is 0.565. The highest BCUT2D eigenvalue weighted by Gasteiger charge is 2.38. The van der Waals surface area contributed by atoms with Crippen LogP contribution in [0.25, 0.3) is 0 Å². The maximum Gasteiger partial charge on any atom is 0.325 e. The van der Waals surface area contributed by atoms with Crippen LogP contribution in [0, 0.1) is 0 Å². The van der Waals surface area contributed by atoms with Gasteiger partial charge in [0, 0.05) is 18.2 Å². The monoisotopic (exact) mass is 381 g/mol. The molecule has 8 heteroatoms. The van der Waals surface area contributed by atoms with Crippen molar-refractivity contribution in [3.63, 3.8) is 0 Å². The number of anilines is 1. The fraction of sp³-hybridized carbons (Fsp3) is 0.250. The molecule has 2 aromatic carbocycles. The molecule has 144 valence electrons. The van der Waals surface area contributed by atoms with Crippen molar-refractivity contribution in [1.82, 2.24) is 10.2 Å². The summed E-state index contributed by atoms with van der Waals surface area (Å²) in [5, 5.41) is 5.31. The van der Waals surface area contributed by atoms with Crippen LogP contribution in [-0.4, -0.2) is 48.5 Å². The maximum atomic E-state index is 12.5. The lowest BCUT2D eigenvalue weighted by atomic mass is 10.1. The van der Waals surface area contributed by atoms with Crippen LogP contribution in [0.5, 0.6) is 11.5 Å². The molecule has 4 amide bonds. The van der Waals surface area contributed by atoms with E-state index in [0.29, 0.717) is 36.8 Å². The van der Waals surface area contributed by atoms with Crippen LogP contribution in [0.3, 0.4) is 0 Å². The van der Waals surface area contributed by atoms with Crippen molar-refractivity contribution in [3.05, 3.63) is 54.1 Å². The summed E-state index contributed by atoms with van der Waals surface area (Å²) in [4.78, 5) is 37.9. The van der Waals surface area contributed by atoms with E-state index in [-0.39, 0.29) is 6.54 Å². The van der Waals surface area contributed by atoms with E-state index >= 15 is 0 Å². The van der Waals surface area contributed by atoms with E-state index < -0.39 is 23.9 Å². The molecule has 1 atom stereocenters. The van der Waals surface area contributed by atoms with E-state index in [1.165, 1.54) is 0 Å². The number of urea groups is 1. The van der Waals surface area contributed by atoms with Gasteiger partial charge in [0.1, 0.15) is 25.8 Å². The molecule has 2 heterocycles. The number of nitrogens with one attached hydrogen (secondary N) is 2. The SMILES string of the molecule is O=C(CN1C(=O)N[C@H](Cc2ccccc2)C1=O)Nc1ccc2c(c1)OCCO2. The number of rotatable bonds is 5. The Morgan fingerprint density at radius 1 is 1.07 bits per heavy atom. The molecule has 1 saturated heterocycles. The summed E-state index contributed by atoms with van der Waals surface area (Å²) in [6.07, 6.45) is 0.381. The molecule has 1 fully saturated rings. The van der Waals surface area contributed by atoms with Crippen molar-refractivity contribution in [2.24, 2.45) is 0 Å². The fourth-order valence-corrected chi connectivity index (χ4v) is 3.18. The average molecular weight is 381 g/mol. The van der Waals surface area contributed by atoms with E-state index in [4.69, 9.17) is 9.47 Å². The minimum absolute atomic E-state index is 0.357. The molecule has 28 heavy (non-hydrogen) atoms. The van der Waals surface area contributed by atoms with Gasteiger partial charge in [-0.05, 0) is 17.7 Å². The Bertz CT molecular complexity index is 915. The summed E-state index contributed by atoms with van der Waals surface area (Å²) in [7, 11) is 0. The van der Waals surface area contributed by atoms with Gasteiger partial charge in [-0.15, -0.1) is 0 Å². The number of carbonyl (C=O) groups is 3. The van der Waals surface area contributed by atoms with Crippen molar-refractivity contribution >= 4 is 23.5 Å². The van der Waals surface area contributed by atoms with Gasteiger partial charge >= 0.3 is 6.03 Å². The second-order valence-electron chi connectivity index (χ2n) is 6.52. The number of imide groups is 1. The predicted molar refractivity (Wildman–Crippen MR) is 100 cm³/mol. The van der Waals surface area contributed by atoms with Crippen molar-refractivity contribution < 1.29 is 23.9 Å². The zero-order valence-electron chi connectivity index (χ0n) is 15.0. The molecule has 0 aliphatic carbocycles. The zero-order valence-corrected chi connectivity index (χ0v) is 15.0. The van der Waals surface area contributed by atoms with Gasteiger partial charge in [0.2, 0.25) is 5.91 Å². The molecule has 0 saturated carbocycles. The first-order valence-corrected chi connectivity index (χ1v) is 8.95. The number of nitrogens with zero attached hydrogens (tertiary/aromatic N) is 1. The van der Waals surface area contributed by atoms with E-state index in [1.54, 1.807) is 18.2 Å². The quantitative estimate of drug-likeness (QED) is 0.766. The third kappa shape index (κ3) is 3.75. The van der Waals surface area contributed by atoms with Crippen LogP contribution >= 0.6 is 0 Å². The van der Waals surface area contributed by atoms with Gasteiger partial charge in [0.05, 0.1) is 0 Å². The molecule has 0 aromatic heterocycles. The molecule has 2 N–H and O–H groups in total. The van der Waals surface area contributed by atoms with Crippen molar-refractivity contribution in [1.29, 1.82) is 0 Å². The molecule has 0 radical (unpaired) electrons. The molecule has 0 spiro atoms. The molecule has 8 nitrogen and oxygen atoms in total. The first-order valence-electron chi connectivity index (χ1n) is 8.95. The van der Waals surface area contributed by atoms with Gasteiger partial charge in [0.25, 0.3) is 5.91 Å². The largest absolute Gasteiger partial charge is 0.486 e. The van der Waals surface area contributed by atoms with E-state index in [0.717, 1.165) is 10.5 Å². The van der Waals surface area contributed by atoms with Crippen molar-refractivity contribution in [2.75, 3.05) is 25.1 Å². The molecular weight excluding hydrogens is 362 g/mol. The maximum absolute atomic E-state index is 12.5. The number of benzene rings is 2.